The molecule has 1 saturated heterocycles. The predicted octanol–water partition coefficient (Wildman–Crippen LogP) is 2.42. The van der Waals surface area contributed by atoms with E-state index in [1.807, 2.05) is 19.9 Å². The number of nitrogens with zero attached hydrogens (tertiary/aromatic N) is 2. The number of hydrogen-bond donors (Lipinski definition) is 3. The minimum atomic E-state index is -1.38. The fourth-order valence-corrected chi connectivity index (χ4v) is 3.92. The number of urea groups is 1. The van der Waals surface area contributed by atoms with Gasteiger partial charge < -0.3 is 20.9 Å². The van der Waals surface area contributed by atoms with E-state index in [1.54, 1.807) is 36.4 Å². The highest BCUT2D eigenvalue weighted by molar-refractivity contribution is 5.91. The lowest BCUT2D eigenvalue weighted by molar-refractivity contribution is -0.137. The van der Waals surface area contributed by atoms with Crippen molar-refractivity contribution in [1.29, 1.82) is 0 Å². The van der Waals surface area contributed by atoms with Crippen molar-refractivity contribution in [2.24, 2.45) is 0 Å². The number of pyridine rings is 1. The zero-order valence-corrected chi connectivity index (χ0v) is 19.3. The number of nitrogens with one attached hydrogen (secondary N) is 3. The summed E-state index contributed by atoms with van der Waals surface area (Å²) < 4.78 is 28.9. The van der Waals surface area contributed by atoms with E-state index < -0.39 is 42.0 Å². The van der Waals surface area contributed by atoms with Gasteiger partial charge in [-0.15, -0.1) is 0 Å². The molecule has 0 saturated carbocycles. The Morgan fingerprint density at radius 3 is 2.47 bits per heavy atom. The van der Waals surface area contributed by atoms with Crippen LogP contribution in [0.2, 0.25) is 0 Å². The minimum Gasteiger partial charge on any atom is -0.342 e. The molecule has 1 fully saturated rings. The molecule has 182 valence electrons. The number of amides is 4. The number of aromatic nitrogens is 1. The first kappa shape index (κ1) is 25.1. The molecule has 1 aliphatic rings. The Morgan fingerprint density at radius 1 is 1.15 bits per heavy atom. The van der Waals surface area contributed by atoms with Crippen molar-refractivity contribution in [1.82, 2.24) is 25.8 Å². The van der Waals surface area contributed by atoms with Crippen molar-refractivity contribution in [2.75, 3.05) is 20.1 Å². The highest BCUT2D eigenvalue weighted by Crippen LogP contribution is 2.26. The minimum absolute atomic E-state index is 0.0609. The summed E-state index contributed by atoms with van der Waals surface area (Å²) in [4.78, 5) is 42.4. The summed E-state index contributed by atoms with van der Waals surface area (Å²) in [6, 6.07) is 9.76. The highest BCUT2D eigenvalue weighted by atomic mass is 19.1. The molecule has 3 atom stereocenters. The van der Waals surface area contributed by atoms with E-state index in [0.29, 0.717) is 11.1 Å². The van der Waals surface area contributed by atoms with Gasteiger partial charge in [0.2, 0.25) is 17.8 Å². The third kappa shape index (κ3) is 5.86. The van der Waals surface area contributed by atoms with Gasteiger partial charge in [-0.05, 0) is 17.5 Å². The number of halogens is 2. The van der Waals surface area contributed by atoms with E-state index in [1.165, 1.54) is 7.05 Å². The average molecular weight is 474 g/mol. The molecule has 8 nitrogen and oxygen atoms in total. The van der Waals surface area contributed by atoms with Gasteiger partial charge in [0.15, 0.2) is 0 Å². The van der Waals surface area contributed by atoms with Gasteiger partial charge in [-0.2, -0.15) is 4.39 Å². The van der Waals surface area contributed by atoms with Crippen LogP contribution in [-0.4, -0.2) is 60.1 Å². The number of carbonyl (C=O) groups is 3. The molecule has 3 N–H and O–H groups in total. The van der Waals surface area contributed by atoms with Gasteiger partial charge in [0, 0.05) is 19.0 Å². The van der Waals surface area contributed by atoms with Gasteiger partial charge in [0.1, 0.15) is 12.2 Å². The number of hydrogen-bond acceptors (Lipinski definition) is 4. The normalized spacial score (nSPS) is 18.5. The summed E-state index contributed by atoms with van der Waals surface area (Å²) in [5.41, 5.74) is 1.41. The quantitative estimate of drug-likeness (QED) is 0.538. The Kier molecular flexibility index (Phi) is 8.14. The summed E-state index contributed by atoms with van der Waals surface area (Å²) in [6.07, 6.45) is -1.55. The Bertz CT molecular complexity index is 1030. The van der Waals surface area contributed by atoms with E-state index in [4.69, 9.17) is 0 Å². The zero-order valence-electron chi connectivity index (χ0n) is 19.3. The van der Waals surface area contributed by atoms with Crippen LogP contribution in [0.3, 0.4) is 0 Å². The number of benzene rings is 1. The van der Waals surface area contributed by atoms with Gasteiger partial charge in [-0.1, -0.05) is 50.2 Å². The maximum Gasteiger partial charge on any atom is 0.314 e. The molecule has 4 amide bonds. The first-order valence-electron chi connectivity index (χ1n) is 11.1. The summed E-state index contributed by atoms with van der Waals surface area (Å²) in [5, 5.41) is 7.49. The predicted molar refractivity (Wildman–Crippen MR) is 122 cm³/mol. The first-order valence-corrected chi connectivity index (χ1v) is 11.1. The van der Waals surface area contributed by atoms with Crippen LogP contribution in [0.1, 0.15) is 49.0 Å². The van der Waals surface area contributed by atoms with E-state index in [-0.39, 0.29) is 31.1 Å². The molecule has 2 heterocycles. The molecule has 3 rings (SSSR count). The summed E-state index contributed by atoms with van der Waals surface area (Å²) in [5.74, 6) is -1.85. The number of carbonyl (C=O) groups excluding carboxylic acids is 3. The monoisotopic (exact) mass is 473 g/mol. The molecule has 10 heteroatoms. The molecule has 0 radical (unpaired) electrons. The molecule has 1 aromatic carbocycles. The van der Waals surface area contributed by atoms with Crippen LogP contribution in [-0.2, 0) is 9.59 Å². The number of alkyl halides is 1. The number of likely N-dealkylation sites (tertiary alicyclic amines) is 1. The maximum atomic E-state index is 14.6. The average Bonchev–Trinajstić information content (AvgIpc) is 3.22. The molecule has 0 bridgehead atoms. The Morgan fingerprint density at radius 2 is 1.85 bits per heavy atom. The zero-order chi connectivity index (χ0) is 24.8. The van der Waals surface area contributed by atoms with Crippen LogP contribution in [0, 0.1) is 5.95 Å². The summed E-state index contributed by atoms with van der Waals surface area (Å²) in [6.45, 7) is 3.09. The lowest BCUT2D eigenvalue weighted by Crippen LogP contribution is -2.50. The topological polar surface area (TPSA) is 103 Å². The van der Waals surface area contributed by atoms with Crippen LogP contribution < -0.4 is 16.0 Å². The van der Waals surface area contributed by atoms with Crippen molar-refractivity contribution < 1.29 is 23.2 Å². The van der Waals surface area contributed by atoms with Crippen molar-refractivity contribution in [3.63, 3.8) is 0 Å². The van der Waals surface area contributed by atoms with Crippen LogP contribution in [0.5, 0.6) is 0 Å². The lowest BCUT2D eigenvalue weighted by atomic mass is 9.99. The molecule has 1 aromatic heterocycles. The van der Waals surface area contributed by atoms with Gasteiger partial charge in [-0.25, -0.2) is 14.2 Å². The third-order valence-electron chi connectivity index (χ3n) is 5.74. The van der Waals surface area contributed by atoms with E-state index >= 15 is 0 Å². The molecular weight excluding hydrogens is 444 g/mol. The first-order chi connectivity index (χ1) is 16.2. The van der Waals surface area contributed by atoms with E-state index in [2.05, 4.69) is 20.9 Å². The second-order valence-electron chi connectivity index (χ2n) is 8.45. The fourth-order valence-electron chi connectivity index (χ4n) is 3.92. The Hall–Kier alpha value is -3.56. The van der Waals surface area contributed by atoms with Crippen molar-refractivity contribution in [3.05, 3.63) is 65.2 Å². The summed E-state index contributed by atoms with van der Waals surface area (Å²) >= 11 is 0. The maximum absolute atomic E-state index is 14.6. The molecule has 0 aliphatic carbocycles. The molecule has 34 heavy (non-hydrogen) atoms. The SMILES string of the molecule is CNC(=O)NCC(=O)N1C[C@H](F)C[C@H]1C(=O)N[C@@H](c1ccccc1)c1ccc(C(C)C)c(F)n1. The van der Waals surface area contributed by atoms with Crippen molar-refractivity contribution in [2.45, 2.75) is 44.4 Å². The van der Waals surface area contributed by atoms with E-state index in [9.17, 15) is 23.2 Å². The molecule has 2 aromatic rings. The van der Waals surface area contributed by atoms with Crippen molar-refractivity contribution >= 4 is 17.8 Å². The lowest BCUT2D eigenvalue weighted by Gasteiger charge is -2.27. The van der Waals surface area contributed by atoms with Crippen molar-refractivity contribution in [3.8, 4) is 0 Å². The van der Waals surface area contributed by atoms with E-state index in [0.717, 1.165) is 4.90 Å². The molecular formula is C24H29F2N5O3. The summed E-state index contributed by atoms with van der Waals surface area (Å²) in [7, 11) is 1.40. The highest BCUT2D eigenvalue weighted by Gasteiger charge is 2.40. The smallest absolute Gasteiger partial charge is 0.314 e. The van der Waals surface area contributed by atoms with Crippen LogP contribution in [0.4, 0.5) is 13.6 Å². The Labute approximate surface area is 197 Å². The molecule has 0 unspecified atom stereocenters. The van der Waals surface area contributed by atoms with Crippen LogP contribution >= 0.6 is 0 Å². The largest absolute Gasteiger partial charge is 0.342 e. The van der Waals surface area contributed by atoms with Gasteiger partial charge in [-0.3, -0.25) is 9.59 Å². The molecule has 0 spiro atoms. The Balaban J connectivity index is 1.84. The fraction of sp³-hybridized carbons (Fsp3) is 0.417. The van der Waals surface area contributed by atoms with Gasteiger partial charge >= 0.3 is 6.03 Å². The number of rotatable bonds is 7. The van der Waals surface area contributed by atoms with Gasteiger partial charge in [0.05, 0.1) is 24.8 Å². The third-order valence-corrected chi connectivity index (χ3v) is 5.74. The van der Waals surface area contributed by atoms with Crippen LogP contribution in [0.15, 0.2) is 42.5 Å². The van der Waals surface area contributed by atoms with Gasteiger partial charge in [0.25, 0.3) is 0 Å². The standard InChI is InChI=1S/C24H29F2N5O3/c1-14(2)17-9-10-18(29-22(17)26)21(15-7-5-4-6-8-15)30-23(33)19-11-16(25)13-31(19)20(32)12-28-24(34)27-3/h4-10,14,16,19,21H,11-13H2,1-3H3,(H,30,33)(H2,27,28,34)/t16-,19+,21+/m1/s1. The second kappa shape index (κ2) is 11.0. The second-order valence-corrected chi connectivity index (χ2v) is 8.45. The van der Waals surface area contributed by atoms with Crippen LogP contribution in [0.25, 0.3) is 0 Å². The molecule has 1 aliphatic heterocycles.